The van der Waals surface area contributed by atoms with Gasteiger partial charge in [0.05, 0.1) is 17.1 Å². The van der Waals surface area contributed by atoms with E-state index in [1.807, 2.05) is 67.8 Å². The smallest absolute Gasteiger partial charge is 0.230 e. The van der Waals surface area contributed by atoms with Gasteiger partial charge in [0.1, 0.15) is 0 Å². The number of carbonyl (C=O) groups excluding carboxylic acids is 1. The highest BCUT2D eigenvalue weighted by atomic mass is 32.2. The lowest BCUT2D eigenvalue weighted by Gasteiger charge is -2.21. The van der Waals surface area contributed by atoms with Gasteiger partial charge in [-0.15, -0.1) is 16.4 Å². The van der Waals surface area contributed by atoms with E-state index in [0.717, 1.165) is 32.5 Å². The van der Waals surface area contributed by atoms with Crippen LogP contribution in [0, 0.1) is 17.8 Å². The maximum absolute atomic E-state index is 12.4. The number of rotatable bonds is 6. The van der Waals surface area contributed by atoms with E-state index in [1.165, 1.54) is 22.7 Å². The van der Waals surface area contributed by atoms with Gasteiger partial charge in [-0.3, -0.25) is 9.69 Å². The average Bonchev–Trinajstić information content (AvgIpc) is 3.37. The molecule has 0 fully saturated rings. The molecule has 1 amide bonds. The van der Waals surface area contributed by atoms with Crippen molar-refractivity contribution in [3.05, 3.63) is 74.7 Å². The fraction of sp³-hybridized carbons (Fsp3) is 0.182. The first-order valence-corrected chi connectivity index (χ1v) is 12.6. The van der Waals surface area contributed by atoms with Gasteiger partial charge < -0.3 is 0 Å². The number of thiazole rings is 1. The van der Waals surface area contributed by atoms with Crippen molar-refractivity contribution >= 4 is 63.4 Å². The monoisotopic (exact) mass is 484 g/mol. The molecule has 0 aliphatic carbocycles. The maximum atomic E-state index is 12.4. The third-order valence-electron chi connectivity index (χ3n) is 4.74. The Labute approximate surface area is 198 Å². The summed E-state index contributed by atoms with van der Waals surface area (Å²) in [6.45, 7) is 5.65. The summed E-state index contributed by atoms with van der Waals surface area (Å²) in [6, 6.07) is 15.9. The minimum absolute atomic E-state index is 0.0539. The van der Waals surface area contributed by atoms with E-state index in [2.05, 4.69) is 5.10 Å². The van der Waals surface area contributed by atoms with Crippen LogP contribution in [-0.2, 0) is 10.5 Å². The molecule has 0 aliphatic rings. The highest BCUT2D eigenvalue weighted by Gasteiger charge is 2.20. The van der Waals surface area contributed by atoms with Gasteiger partial charge in [0.15, 0.2) is 13.4 Å². The van der Waals surface area contributed by atoms with E-state index >= 15 is 0 Å². The van der Waals surface area contributed by atoms with Gasteiger partial charge >= 0.3 is 0 Å². The van der Waals surface area contributed by atoms with Gasteiger partial charge in [0.2, 0.25) is 5.91 Å². The molecule has 2 aromatic heterocycles. The van der Waals surface area contributed by atoms with Gasteiger partial charge in [-0.1, -0.05) is 53.4 Å². The average molecular weight is 485 g/mol. The molecule has 31 heavy (non-hydrogen) atoms. The number of aryl methyl sites for hydroxylation is 1. The molecule has 0 radical (unpaired) electrons. The lowest BCUT2D eigenvalue weighted by atomic mass is 10.1. The van der Waals surface area contributed by atoms with E-state index in [-0.39, 0.29) is 5.91 Å². The van der Waals surface area contributed by atoms with Gasteiger partial charge in [0, 0.05) is 18.1 Å². The number of anilines is 2. The second-order valence-corrected chi connectivity index (χ2v) is 10.5. The Balaban J connectivity index is 1.52. The molecule has 0 unspecified atom stereocenters. The Bertz CT molecular complexity index is 1280. The molecular formula is C22H20N4OS4. The molecule has 0 spiro atoms. The molecule has 0 N–H and O–H groups in total. The van der Waals surface area contributed by atoms with E-state index in [9.17, 15) is 4.79 Å². The van der Waals surface area contributed by atoms with E-state index in [0.29, 0.717) is 14.8 Å². The van der Waals surface area contributed by atoms with Crippen molar-refractivity contribution in [2.24, 2.45) is 0 Å². The van der Waals surface area contributed by atoms with Crippen molar-refractivity contribution in [1.29, 1.82) is 0 Å². The van der Waals surface area contributed by atoms with Crippen LogP contribution in [0.5, 0.6) is 0 Å². The summed E-state index contributed by atoms with van der Waals surface area (Å²) in [4.78, 5) is 18.9. The zero-order valence-electron chi connectivity index (χ0n) is 17.2. The summed E-state index contributed by atoms with van der Waals surface area (Å²) in [6.07, 6.45) is 0. The van der Waals surface area contributed by atoms with Crippen molar-refractivity contribution in [3.8, 4) is 5.69 Å². The predicted molar refractivity (Wildman–Crippen MR) is 133 cm³/mol. The zero-order valence-corrected chi connectivity index (χ0v) is 20.5. The fourth-order valence-electron chi connectivity index (χ4n) is 3.04. The standard InChI is InChI=1S/C22H20N4OS4/c1-14-8-7-11-19(15(14)2)25(16(3)27)20-23-17(12-29-20)13-30-21-24-26(22(28)31-21)18-9-5-4-6-10-18/h4-12H,13H2,1-3H3. The Kier molecular flexibility index (Phi) is 6.66. The molecule has 0 aliphatic heterocycles. The van der Waals surface area contributed by atoms with Crippen molar-refractivity contribution in [1.82, 2.24) is 14.8 Å². The number of para-hydroxylation sites is 1. The van der Waals surface area contributed by atoms with Crippen LogP contribution in [0.3, 0.4) is 0 Å². The summed E-state index contributed by atoms with van der Waals surface area (Å²) in [5.41, 5.74) is 4.97. The molecule has 2 heterocycles. The number of nitrogens with zero attached hydrogens (tertiary/aromatic N) is 4. The van der Waals surface area contributed by atoms with E-state index < -0.39 is 0 Å². The highest BCUT2D eigenvalue weighted by Crippen LogP contribution is 2.34. The first-order chi connectivity index (χ1) is 14.9. The molecule has 0 atom stereocenters. The molecule has 9 heteroatoms. The molecule has 158 valence electrons. The van der Waals surface area contributed by atoms with Crippen LogP contribution < -0.4 is 4.90 Å². The van der Waals surface area contributed by atoms with Gasteiger partial charge in [0.25, 0.3) is 0 Å². The number of thioether (sulfide) groups is 1. The van der Waals surface area contributed by atoms with E-state index in [4.69, 9.17) is 17.2 Å². The molecule has 0 saturated carbocycles. The number of benzene rings is 2. The Hall–Kier alpha value is -2.33. The molecule has 2 aromatic carbocycles. The number of hydrogen-bond donors (Lipinski definition) is 0. The Morgan fingerprint density at radius 3 is 2.68 bits per heavy atom. The van der Waals surface area contributed by atoms with Crippen LogP contribution in [-0.4, -0.2) is 20.7 Å². The predicted octanol–water partition coefficient (Wildman–Crippen LogP) is 6.71. The summed E-state index contributed by atoms with van der Waals surface area (Å²) >= 11 is 10.0. The minimum atomic E-state index is -0.0539. The fourth-order valence-corrected chi connectivity index (χ4v) is 6.28. The van der Waals surface area contributed by atoms with Crippen molar-refractivity contribution in [2.45, 2.75) is 30.9 Å². The van der Waals surface area contributed by atoms with Crippen LogP contribution in [0.4, 0.5) is 10.8 Å². The van der Waals surface area contributed by atoms with E-state index in [1.54, 1.807) is 28.3 Å². The molecule has 0 bridgehead atoms. The second kappa shape index (κ2) is 9.44. The van der Waals surface area contributed by atoms with Gasteiger partial charge in [-0.25, -0.2) is 9.67 Å². The lowest BCUT2D eigenvalue weighted by Crippen LogP contribution is -2.23. The van der Waals surface area contributed by atoms with Gasteiger partial charge in [-0.05, 0) is 55.4 Å². The minimum Gasteiger partial charge on any atom is -0.274 e. The number of hydrogen-bond acceptors (Lipinski definition) is 7. The van der Waals surface area contributed by atoms with Crippen molar-refractivity contribution in [3.63, 3.8) is 0 Å². The summed E-state index contributed by atoms with van der Waals surface area (Å²) in [5.74, 6) is 0.605. The topological polar surface area (TPSA) is 51.0 Å². The summed E-state index contributed by atoms with van der Waals surface area (Å²) < 4.78 is 3.39. The number of aromatic nitrogens is 3. The summed E-state index contributed by atoms with van der Waals surface area (Å²) in [7, 11) is 0. The highest BCUT2D eigenvalue weighted by molar-refractivity contribution is 8.00. The molecule has 0 saturated heterocycles. The van der Waals surface area contributed by atoms with Gasteiger partial charge in [-0.2, -0.15) is 0 Å². The van der Waals surface area contributed by atoms with Crippen molar-refractivity contribution < 1.29 is 4.79 Å². The summed E-state index contributed by atoms with van der Waals surface area (Å²) in [5, 5.41) is 7.32. The maximum Gasteiger partial charge on any atom is 0.230 e. The van der Waals surface area contributed by atoms with Crippen LogP contribution in [0.25, 0.3) is 5.69 Å². The molecule has 4 aromatic rings. The van der Waals surface area contributed by atoms with Crippen LogP contribution in [0.1, 0.15) is 23.7 Å². The van der Waals surface area contributed by atoms with Crippen LogP contribution in [0.2, 0.25) is 0 Å². The number of carbonyl (C=O) groups is 1. The second-order valence-electron chi connectivity index (χ2n) is 6.86. The SMILES string of the molecule is CC(=O)N(c1nc(CSc2nn(-c3ccccc3)c(=S)s2)cs1)c1cccc(C)c1C. The molecule has 5 nitrogen and oxygen atoms in total. The molecule has 4 rings (SSSR count). The van der Waals surface area contributed by atoms with Crippen LogP contribution in [0.15, 0.2) is 58.3 Å². The zero-order chi connectivity index (χ0) is 22.0. The quantitative estimate of drug-likeness (QED) is 0.225. The lowest BCUT2D eigenvalue weighted by molar-refractivity contribution is -0.115. The third-order valence-corrected chi connectivity index (χ3v) is 8.01. The third kappa shape index (κ3) is 4.79. The molecular weight excluding hydrogens is 465 g/mol. The normalized spacial score (nSPS) is 10.9. The first-order valence-electron chi connectivity index (χ1n) is 9.53. The first kappa shape index (κ1) is 21.9. The Morgan fingerprint density at radius 2 is 1.94 bits per heavy atom. The largest absolute Gasteiger partial charge is 0.274 e. The Morgan fingerprint density at radius 1 is 1.16 bits per heavy atom. The number of amides is 1. The van der Waals surface area contributed by atoms with Crippen molar-refractivity contribution in [2.75, 3.05) is 4.90 Å². The van der Waals surface area contributed by atoms with Crippen LogP contribution >= 0.6 is 46.7 Å².